The SMILES string of the molecule is COc1cccc(OC(=O)c2ccc(C(F)(F)F)nc2Nc2ccc(Cl)cc2C)c1. The topological polar surface area (TPSA) is 60.5 Å². The zero-order valence-electron chi connectivity index (χ0n) is 15.9. The first-order valence-electron chi connectivity index (χ1n) is 8.65. The molecule has 0 saturated heterocycles. The van der Waals surface area contributed by atoms with Gasteiger partial charge in [-0.1, -0.05) is 17.7 Å². The maximum atomic E-state index is 13.2. The van der Waals surface area contributed by atoms with E-state index in [-0.39, 0.29) is 17.1 Å². The number of hydrogen-bond acceptors (Lipinski definition) is 5. The number of nitrogens with one attached hydrogen (secondary N) is 1. The molecule has 9 heteroatoms. The van der Waals surface area contributed by atoms with E-state index in [9.17, 15) is 18.0 Å². The van der Waals surface area contributed by atoms with Gasteiger partial charge in [0.25, 0.3) is 0 Å². The van der Waals surface area contributed by atoms with E-state index in [4.69, 9.17) is 21.1 Å². The highest BCUT2D eigenvalue weighted by Gasteiger charge is 2.34. The Labute approximate surface area is 175 Å². The van der Waals surface area contributed by atoms with Crippen LogP contribution in [0.4, 0.5) is 24.7 Å². The van der Waals surface area contributed by atoms with Crippen LogP contribution in [-0.4, -0.2) is 18.1 Å². The maximum Gasteiger partial charge on any atom is 0.433 e. The Balaban J connectivity index is 1.98. The summed E-state index contributed by atoms with van der Waals surface area (Å²) < 4.78 is 49.9. The van der Waals surface area contributed by atoms with Crippen molar-refractivity contribution < 1.29 is 27.4 Å². The van der Waals surface area contributed by atoms with E-state index < -0.39 is 17.8 Å². The predicted octanol–water partition coefficient (Wildman–Crippen LogP) is 6.03. The zero-order valence-corrected chi connectivity index (χ0v) is 16.6. The largest absolute Gasteiger partial charge is 0.497 e. The molecular weight excluding hydrogens is 421 g/mol. The summed E-state index contributed by atoms with van der Waals surface area (Å²) in [6.07, 6.45) is -4.68. The number of anilines is 2. The molecule has 5 nitrogen and oxygen atoms in total. The van der Waals surface area contributed by atoms with Gasteiger partial charge in [-0.3, -0.25) is 0 Å². The number of esters is 1. The van der Waals surface area contributed by atoms with Gasteiger partial charge in [-0.2, -0.15) is 13.2 Å². The summed E-state index contributed by atoms with van der Waals surface area (Å²) in [6.45, 7) is 1.72. The molecule has 0 amide bonds. The van der Waals surface area contributed by atoms with Crippen molar-refractivity contribution in [1.29, 1.82) is 0 Å². The van der Waals surface area contributed by atoms with Crippen LogP contribution < -0.4 is 14.8 Å². The van der Waals surface area contributed by atoms with Crippen molar-refractivity contribution in [3.05, 3.63) is 76.4 Å². The number of rotatable bonds is 5. The number of aryl methyl sites for hydroxylation is 1. The molecule has 0 saturated carbocycles. The number of ether oxygens (including phenoxy) is 2. The Morgan fingerprint density at radius 1 is 1.07 bits per heavy atom. The van der Waals surface area contributed by atoms with Crippen LogP contribution >= 0.6 is 11.6 Å². The van der Waals surface area contributed by atoms with Gasteiger partial charge < -0.3 is 14.8 Å². The summed E-state index contributed by atoms with van der Waals surface area (Å²) in [5.74, 6) is -0.532. The van der Waals surface area contributed by atoms with Gasteiger partial charge in [0.15, 0.2) is 0 Å². The van der Waals surface area contributed by atoms with E-state index in [1.165, 1.54) is 19.2 Å². The molecule has 2 aromatic carbocycles. The summed E-state index contributed by atoms with van der Waals surface area (Å²) in [5.41, 5.74) is -0.204. The molecule has 0 aliphatic rings. The van der Waals surface area contributed by atoms with Crippen molar-refractivity contribution in [1.82, 2.24) is 4.98 Å². The average molecular weight is 437 g/mol. The predicted molar refractivity (Wildman–Crippen MR) is 107 cm³/mol. The first-order chi connectivity index (χ1) is 14.2. The van der Waals surface area contributed by atoms with Gasteiger partial charge in [-0.25, -0.2) is 9.78 Å². The van der Waals surface area contributed by atoms with Crippen LogP contribution in [0.25, 0.3) is 0 Å². The molecular formula is C21H16ClF3N2O3. The third-order valence-corrected chi connectivity index (χ3v) is 4.33. The van der Waals surface area contributed by atoms with Crippen molar-refractivity contribution in [2.24, 2.45) is 0 Å². The second-order valence-corrected chi connectivity index (χ2v) is 6.68. The number of alkyl halides is 3. The fourth-order valence-electron chi connectivity index (χ4n) is 2.60. The molecule has 3 aromatic rings. The smallest absolute Gasteiger partial charge is 0.433 e. The second-order valence-electron chi connectivity index (χ2n) is 6.24. The molecule has 30 heavy (non-hydrogen) atoms. The summed E-state index contributed by atoms with van der Waals surface area (Å²) in [7, 11) is 1.46. The Bertz CT molecular complexity index is 1090. The zero-order chi connectivity index (χ0) is 21.9. The third kappa shape index (κ3) is 5.01. The van der Waals surface area contributed by atoms with Crippen LogP contribution in [-0.2, 0) is 6.18 Å². The monoisotopic (exact) mass is 436 g/mol. The maximum absolute atomic E-state index is 13.2. The van der Waals surface area contributed by atoms with E-state index in [1.807, 2.05) is 0 Å². The van der Waals surface area contributed by atoms with Crippen LogP contribution in [0.5, 0.6) is 11.5 Å². The Kier molecular flexibility index (Phi) is 6.17. The summed E-state index contributed by atoms with van der Waals surface area (Å²) in [5, 5.41) is 3.24. The van der Waals surface area contributed by atoms with Gasteiger partial charge in [-0.15, -0.1) is 0 Å². The molecule has 0 atom stereocenters. The number of methoxy groups -OCH3 is 1. The molecule has 1 heterocycles. The standard InChI is InChI=1S/C21H16ClF3N2O3/c1-12-10-13(22)6-8-17(12)26-19-16(7-9-18(27-19)21(23,24)25)20(28)30-15-5-3-4-14(11-15)29-2/h3-11H,1-2H3,(H,26,27). The number of hydrogen-bond donors (Lipinski definition) is 1. The lowest BCUT2D eigenvalue weighted by Gasteiger charge is -2.15. The van der Waals surface area contributed by atoms with Crippen LogP contribution in [0.1, 0.15) is 21.6 Å². The van der Waals surface area contributed by atoms with E-state index in [0.29, 0.717) is 22.0 Å². The first kappa shape index (κ1) is 21.4. The normalized spacial score (nSPS) is 11.1. The number of benzene rings is 2. The number of carbonyl (C=O) groups excluding carboxylic acids is 1. The fraction of sp³-hybridized carbons (Fsp3) is 0.143. The van der Waals surface area contributed by atoms with Gasteiger partial charge in [0.1, 0.15) is 28.6 Å². The molecule has 0 radical (unpaired) electrons. The van der Waals surface area contributed by atoms with E-state index in [0.717, 1.165) is 12.1 Å². The molecule has 0 spiro atoms. The number of carbonyl (C=O) groups is 1. The van der Waals surface area contributed by atoms with Crippen molar-refractivity contribution in [2.45, 2.75) is 13.1 Å². The van der Waals surface area contributed by atoms with Gasteiger partial charge in [-0.05, 0) is 55.0 Å². The Hall–Kier alpha value is -3.26. The van der Waals surface area contributed by atoms with E-state index in [2.05, 4.69) is 10.3 Å². The highest BCUT2D eigenvalue weighted by Crippen LogP contribution is 2.32. The minimum atomic E-state index is -4.68. The van der Waals surface area contributed by atoms with Gasteiger partial charge in [0.05, 0.1) is 7.11 Å². The lowest BCUT2D eigenvalue weighted by atomic mass is 10.1. The highest BCUT2D eigenvalue weighted by atomic mass is 35.5. The fourth-order valence-corrected chi connectivity index (χ4v) is 2.83. The average Bonchev–Trinajstić information content (AvgIpc) is 2.69. The van der Waals surface area contributed by atoms with Crippen molar-refractivity contribution in [3.63, 3.8) is 0 Å². The van der Waals surface area contributed by atoms with Crippen molar-refractivity contribution in [2.75, 3.05) is 12.4 Å². The molecule has 0 unspecified atom stereocenters. The molecule has 0 aliphatic carbocycles. The quantitative estimate of drug-likeness (QED) is 0.390. The summed E-state index contributed by atoms with van der Waals surface area (Å²) in [4.78, 5) is 16.3. The number of halogens is 4. The van der Waals surface area contributed by atoms with Crippen molar-refractivity contribution in [3.8, 4) is 11.5 Å². The van der Waals surface area contributed by atoms with E-state index >= 15 is 0 Å². The third-order valence-electron chi connectivity index (χ3n) is 4.10. The lowest BCUT2D eigenvalue weighted by molar-refractivity contribution is -0.141. The number of nitrogens with zero attached hydrogens (tertiary/aromatic N) is 1. The summed E-state index contributed by atoms with van der Waals surface area (Å²) >= 11 is 5.93. The van der Waals surface area contributed by atoms with Crippen LogP contribution in [0.2, 0.25) is 5.02 Å². The highest BCUT2D eigenvalue weighted by molar-refractivity contribution is 6.30. The van der Waals surface area contributed by atoms with Crippen LogP contribution in [0.3, 0.4) is 0 Å². The van der Waals surface area contributed by atoms with E-state index in [1.54, 1.807) is 37.3 Å². The van der Waals surface area contributed by atoms with Crippen molar-refractivity contribution >= 4 is 29.1 Å². The minimum Gasteiger partial charge on any atom is -0.497 e. The first-order valence-corrected chi connectivity index (χ1v) is 9.03. The molecule has 1 aromatic heterocycles. The Morgan fingerprint density at radius 2 is 1.80 bits per heavy atom. The van der Waals surface area contributed by atoms with Gasteiger partial charge in [0.2, 0.25) is 0 Å². The van der Waals surface area contributed by atoms with Gasteiger partial charge >= 0.3 is 12.1 Å². The molecule has 0 aliphatic heterocycles. The summed E-state index contributed by atoms with van der Waals surface area (Å²) in [6, 6.07) is 12.8. The molecule has 156 valence electrons. The second kappa shape index (κ2) is 8.62. The van der Waals surface area contributed by atoms with Crippen LogP contribution in [0, 0.1) is 6.92 Å². The lowest BCUT2D eigenvalue weighted by Crippen LogP contribution is -2.16. The van der Waals surface area contributed by atoms with Gasteiger partial charge in [0, 0.05) is 16.8 Å². The molecule has 0 fully saturated rings. The molecule has 1 N–H and O–H groups in total. The minimum absolute atomic E-state index is 0.167. The Morgan fingerprint density at radius 3 is 2.47 bits per heavy atom. The molecule has 0 bridgehead atoms. The number of aromatic nitrogens is 1. The molecule has 3 rings (SSSR count). The van der Waals surface area contributed by atoms with Crippen LogP contribution in [0.15, 0.2) is 54.6 Å². The number of pyridine rings is 1.